The third kappa shape index (κ3) is 4.17. The largest absolute Gasteiger partial charge is 0.349 e. The number of nitrogens with one attached hydrogen (secondary N) is 2. The van der Waals surface area contributed by atoms with Crippen molar-refractivity contribution in [1.82, 2.24) is 14.5 Å². The van der Waals surface area contributed by atoms with E-state index < -0.39 is 0 Å². The maximum atomic E-state index is 13.8. The van der Waals surface area contributed by atoms with Gasteiger partial charge in [0.1, 0.15) is 11.0 Å². The fourth-order valence-electron chi connectivity index (χ4n) is 4.66. The summed E-state index contributed by atoms with van der Waals surface area (Å²) in [6, 6.07) is 27.5. The summed E-state index contributed by atoms with van der Waals surface area (Å²) in [5.41, 5.74) is 5.23. The number of benzene rings is 4. The van der Waals surface area contributed by atoms with Crippen molar-refractivity contribution >= 4 is 56.1 Å². The number of hydrogen-bond acceptors (Lipinski definition) is 4. The molecule has 2 aromatic heterocycles. The molecular formula is C30H24N4O2S. The molecule has 0 bridgehead atoms. The van der Waals surface area contributed by atoms with Gasteiger partial charge in [0.15, 0.2) is 5.16 Å². The molecule has 0 saturated heterocycles. The minimum atomic E-state index is -0.188. The fraction of sp³-hybridized carbons (Fsp3) is 0.100. The Hall–Kier alpha value is -4.36. The van der Waals surface area contributed by atoms with Crippen molar-refractivity contribution in [3.05, 3.63) is 106 Å². The molecule has 0 aliphatic rings. The van der Waals surface area contributed by atoms with Crippen LogP contribution in [0.3, 0.4) is 0 Å². The number of thioether (sulfide) groups is 1. The van der Waals surface area contributed by atoms with Crippen LogP contribution >= 0.6 is 11.8 Å². The predicted molar refractivity (Wildman–Crippen MR) is 152 cm³/mol. The third-order valence-electron chi connectivity index (χ3n) is 6.50. The van der Waals surface area contributed by atoms with Crippen LogP contribution in [0.4, 0.5) is 5.69 Å². The average Bonchev–Trinajstić information content (AvgIpc) is 3.28. The van der Waals surface area contributed by atoms with E-state index in [0.29, 0.717) is 16.2 Å². The van der Waals surface area contributed by atoms with E-state index in [4.69, 9.17) is 4.98 Å². The van der Waals surface area contributed by atoms with Crippen LogP contribution < -0.4 is 10.9 Å². The lowest BCUT2D eigenvalue weighted by atomic mass is 10.1. The third-order valence-corrected chi connectivity index (χ3v) is 7.43. The number of aryl methyl sites for hydroxylation is 2. The zero-order valence-corrected chi connectivity index (χ0v) is 21.2. The monoisotopic (exact) mass is 504 g/mol. The molecule has 0 unspecified atom stereocenters. The van der Waals surface area contributed by atoms with Gasteiger partial charge >= 0.3 is 0 Å². The highest BCUT2D eigenvalue weighted by atomic mass is 32.2. The molecule has 1 amide bonds. The van der Waals surface area contributed by atoms with Gasteiger partial charge in [0.25, 0.3) is 5.56 Å². The van der Waals surface area contributed by atoms with Crippen LogP contribution in [0.15, 0.2) is 94.9 Å². The minimum Gasteiger partial charge on any atom is -0.349 e. The molecule has 0 atom stereocenters. The number of rotatable bonds is 5. The molecule has 7 heteroatoms. The Labute approximate surface area is 217 Å². The molecule has 0 fully saturated rings. The van der Waals surface area contributed by atoms with E-state index in [9.17, 15) is 9.59 Å². The van der Waals surface area contributed by atoms with Gasteiger partial charge in [-0.3, -0.25) is 14.2 Å². The smallest absolute Gasteiger partial charge is 0.283 e. The highest BCUT2D eigenvalue weighted by molar-refractivity contribution is 7.99. The SMILES string of the molecule is Cc1ccc(C)c(-n2c(SCC(=O)Nc3cccc4ccccc34)nc3c([nH]c4ccccc43)c2=O)c1. The lowest BCUT2D eigenvalue weighted by Crippen LogP contribution is -2.23. The Morgan fingerprint density at radius 3 is 2.57 bits per heavy atom. The van der Waals surface area contributed by atoms with Crippen molar-refractivity contribution in [2.45, 2.75) is 19.0 Å². The number of hydrogen-bond donors (Lipinski definition) is 2. The predicted octanol–water partition coefficient (Wildman–Crippen LogP) is 6.37. The topological polar surface area (TPSA) is 79.8 Å². The number of para-hydroxylation sites is 1. The van der Waals surface area contributed by atoms with Crippen LogP contribution in [0.25, 0.3) is 38.4 Å². The molecule has 0 aliphatic carbocycles. The first-order valence-corrected chi connectivity index (χ1v) is 13.0. The molecule has 0 saturated carbocycles. The fourth-order valence-corrected chi connectivity index (χ4v) is 5.46. The van der Waals surface area contributed by atoms with Gasteiger partial charge in [0.2, 0.25) is 5.91 Å². The first kappa shape index (κ1) is 23.1. The molecule has 37 heavy (non-hydrogen) atoms. The lowest BCUT2D eigenvalue weighted by molar-refractivity contribution is -0.113. The zero-order valence-electron chi connectivity index (χ0n) is 20.4. The number of H-pyrrole nitrogens is 1. The summed E-state index contributed by atoms with van der Waals surface area (Å²) in [6.07, 6.45) is 0. The number of nitrogens with zero attached hydrogens (tertiary/aromatic N) is 2. The van der Waals surface area contributed by atoms with E-state index in [1.807, 2.05) is 98.8 Å². The summed E-state index contributed by atoms with van der Waals surface area (Å²) in [5, 5.41) is 6.42. The van der Waals surface area contributed by atoms with E-state index >= 15 is 0 Å². The van der Waals surface area contributed by atoms with Gasteiger partial charge in [-0.05, 0) is 48.6 Å². The van der Waals surface area contributed by atoms with Crippen molar-refractivity contribution in [1.29, 1.82) is 0 Å². The summed E-state index contributed by atoms with van der Waals surface area (Å²) >= 11 is 1.26. The molecule has 0 aliphatic heterocycles. The Bertz CT molecular complexity index is 1880. The molecular weight excluding hydrogens is 480 g/mol. The molecule has 6 rings (SSSR count). The summed E-state index contributed by atoms with van der Waals surface area (Å²) in [4.78, 5) is 35.1. The number of fused-ring (bicyclic) bond motifs is 4. The number of aromatic amines is 1. The lowest BCUT2D eigenvalue weighted by Gasteiger charge is -2.15. The summed E-state index contributed by atoms with van der Waals surface area (Å²) in [6.45, 7) is 3.96. The molecule has 6 nitrogen and oxygen atoms in total. The van der Waals surface area contributed by atoms with Crippen LogP contribution in [0.1, 0.15) is 11.1 Å². The second kappa shape index (κ2) is 9.26. The molecule has 0 spiro atoms. The molecule has 2 N–H and O–H groups in total. The molecule has 0 radical (unpaired) electrons. The van der Waals surface area contributed by atoms with Gasteiger partial charge in [-0.1, -0.05) is 78.5 Å². The number of amides is 1. The Balaban J connectivity index is 1.42. The van der Waals surface area contributed by atoms with E-state index in [2.05, 4.69) is 10.3 Å². The number of carbonyl (C=O) groups is 1. The molecule has 2 heterocycles. The van der Waals surface area contributed by atoms with E-state index in [0.717, 1.165) is 44.2 Å². The Kier molecular flexibility index (Phi) is 5.77. The molecule has 182 valence electrons. The molecule has 6 aromatic rings. The Morgan fingerprint density at radius 1 is 0.946 bits per heavy atom. The van der Waals surface area contributed by atoms with Gasteiger partial charge in [-0.25, -0.2) is 4.98 Å². The van der Waals surface area contributed by atoms with E-state index in [1.165, 1.54) is 11.8 Å². The van der Waals surface area contributed by atoms with Gasteiger partial charge < -0.3 is 10.3 Å². The highest BCUT2D eigenvalue weighted by Crippen LogP contribution is 2.28. The summed E-state index contributed by atoms with van der Waals surface area (Å²) in [7, 11) is 0. The molecule has 4 aromatic carbocycles. The standard InChI is InChI=1S/C30H24N4O2S/c1-18-14-15-19(2)25(16-18)34-29(36)28-27(22-11-5-6-12-24(22)32-28)33-30(34)37-17-26(35)31-23-13-7-9-20-8-3-4-10-21(20)23/h3-16,32H,17H2,1-2H3,(H,31,35). The van der Waals surface area contributed by atoms with Crippen molar-refractivity contribution in [3.63, 3.8) is 0 Å². The zero-order chi connectivity index (χ0) is 25.5. The number of anilines is 1. The van der Waals surface area contributed by atoms with E-state index in [-0.39, 0.29) is 17.2 Å². The summed E-state index contributed by atoms with van der Waals surface area (Å²) < 4.78 is 1.62. The quantitative estimate of drug-likeness (QED) is 0.211. The van der Waals surface area contributed by atoms with Crippen LogP contribution in [-0.4, -0.2) is 26.2 Å². The average molecular weight is 505 g/mol. The first-order valence-electron chi connectivity index (χ1n) is 12.0. The van der Waals surface area contributed by atoms with Crippen molar-refractivity contribution < 1.29 is 4.79 Å². The van der Waals surface area contributed by atoms with Gasteiger partial charge in [-0.15, -0.1) is 0 Å². The first-order chi connectivity index (χ1) is 18.0. The van der Waals surface area contributed by atoms with Gasteiger partial charge in [0.05, 0.1) is 11.4 Å². The van der Waals surface area contributed by atoms with Crippen LogP contribution in [0.2, 0.25) is 0 Å². The number of carbonyl (C=O) groups excluding carboxylic acids is 1. The maximum absolute atomic E-state index is 13.8. The van der Waals surface area contributed by atoms with Crippen LogP contribution in [0, 0.1) is 13.8 Å². The van der Waals surface area contributed by atoms with Crippen LogP contribution in [0.5, 0.6) is 0 Å². The van der Waals surface area contributed by atoms with Gasteiger partial charge in [-0.2, -0.15) is 0 Å². The van der Waals surface area contributed by atoms with Crippen LogP contribution in [-0.2, 0) is 4.79 Å². The number of aromatic nitrogens is 3. The normalized spacial score (nSPS) is 11.4. The van der Waals surface area contributed by atoms with E-state index in [1.54, 1.807) is 4.57 Å². The van der Waals surface area contributed by atoms with Gasteiger partial charge in [0, 0.05) is 22.0 Å². The van der Waals surface area contributed by atoms with Crippen molar-refractivity contribution in [3.8, 4) is 5.69 Å². The van der Waals surface area contributed by atoms with Crippen molar-refractivity contribution in [2.75, 3.05) is 11.1 Å². The second-order valence-corrected chi connectivity index (χ2v) is 10.0. The Morgan fingerprint density at radius 2 is 1.70 bits per heavy atom. The van der Waals surface area contributed by atoms with Crippen molar-refractivity contribution in [2.24, 2.45) is 0 Å². The highest BCUT2D eigenvalue weighted by Gasteiger charge is 2.19. The minimum absolute atomic E-state index is 0.106. The summed E-state index contributed by atoms with van der Waals surface area (Å²) in [5.74, 6) is -0.0591. The maximum Gasteiger partial charge on any atom is 0.283 e. The second-order valence-electron chi connectivity index (χ2n) is 9.08.